The summed E-state index contributed by atoms with van der Waals surface area (Å²) in [5.41, 5.74) is 1.84. The van der Waals surface area contributed by atoms with Crippen LogP contribution in [-0.4, -0.2) is 13.1 Å². The van der Waals surface area contributed by atoms with Gasteiger partial charge in [-0.1, -0.05) is 18.2 Å². The molecule has 1 aromatic carbocycles. The van der Waals surface area contributed by atoms with E-state index in [1.54, 1.807) is 12.1 Å². The number of methoxy groups -OCH3 is 1. The summed E-state index contributed by atoms with van der Waals surface area (Å²) in [6.45, 7) is 5.65. The number of allylic oxidation sites excluding steroid dienone is 2. The Kier molecular flexibility index (Phi) is 4.28. The third kappa shape index (κ3) is 2.78. The third-order valence-electron chi connectivity index (χ3n) is 2.86. The van der Waals surface area contributed by atoms with Crippen LogP contribution in [0.15, 0.2) is 30.3 Å². The lowest BCUT2D eigenvalue weighted by Gasteiger charge is -2.20. The number of hydrogen-bond donors (Lipinski definition) is 0. The number of carbonyl (C=O) groups is 1. The van der Waals surface area contributed by atoms with Gasteiger partial charge in [0.05, 0.1) is 24.2 Å². The van der Waals surface area contributed by atoms with E-state index in [0.29, 0.717) is 5.56 Å². The molecular formula is C15H17NO2. The fourth-order valence-electron chi connectivity index (χ4n) is 1.85. The number of benzene rings is 1. The van der Waals surface area contributed by atoms with E-state index >= 15 is 0 Å². The van der Waals surface area contributed by atoms with Crippen molar-refractivity contribution in [2.45, 2.75) is 20.8 Å². The van der Waals surface area contributed by atoms with Gasteiger partial charge >= 0.3 is 5.97 Å². The zero-order valence-electron chi connectivity index (χ0n) is 11.2. The zero-order valence-corrected chi connectivity index (χ0v) is 11.2. The Bertz CT molecular complexity index is 504. The minimum absolute atomic E-state index is 0.358. The highest BCUT2D eigenvalue weighted by Crippen LogP contribution is 2.33. The molecule has 1 rings (SSSR count). The Balaban J connectivity index is 3.13. The number of ether oxygens (including phenoxy) is 1. The van der Waals surface area contributed by atoms with Crippen molar-refractivity contribution < 1.29 is 9.53 Å². The molecule has 0 N–H and O–H groups in total. The second-order valence-electron chi connectivity index (χ2n) is 4.51. The fourth-order valence-corrected chi connectivity index (χ4v) is 1.85. The van der Waals surface area contributed by atoms with E-state index in [-0.39, 0.29) is 5.97 Å². The average Bonchev–Trinajstić information content (AvgIpc) is 2.39. The Morgan fingerprint density at radius 3 is 2.17 bits per heavy atom. The van der Waals surface area contributed by atoms with Gasteiger partial charge in [0.1, 0.15) is 0 Å². The Morgan fingerprint density at radius 1 is 1.28 bits per heavy atom. The third-order valence-corrected chi connectivity index (χ3v) is 2.86. The van der Waals surface area contributed by atoms with E-state index in [0.717, 1.165) is 11.1 Å². The average molecular weight is 243 g/mol. The molecule has 0 aromatic heterocycles. The van der Waals surface area contributed by atoms with Crippen LogP contribution in [0.25, 0.3) is 5.57 Å². The van der Waals surface area contributed by atoms with Crippen LogP contribution in [0.1, 0.15) is 36.7 Å². The molecule has 0 heterocycles. The standard InChI is InChI=1S/C15H17NO2/c1-5-13(15(2,3)10-16)11-6-8-12(9-7-11)14(17)18-4/h5-9H,1-4H3/b13-5-. The highest BCUT2D eigenvalue weighted by molar-refractivity contribution is 5.89. The molecule has 0 bridgehead atoms. The topological polar surface area (TPSA) is 50.1 Å². The number of rotatable bonds is 3. The molecule has 0 aliphatic rings. The van der Waals surface area contributed by atoms with Gasteiger partial charge in [0, 0.05) is 0 Å². The van der Waals surface area contributed by atoms with Gasteiger partial charge in [-0.15, -0.1) is 0 Å². The van der Waals surface area contributed by atoms with E-state index in [9.17, 15) is 10.1 Å². The quantitative estimate of drug-likeness (QED) is 0.764. The Hall–Kier alpha value is -2.08. The largest absolute Gasteiger partial charge is 0.465 e. The summed E-state index contributed by atoms with van der Waals surface area (Å²) < 4.78 is 4.65. The molecule has 3 heteroatoms. The number of carbonyl (C=O) groups excluding carboxylic acids is 1. The first-order valence-electron chi connectivity index (χ1n) is 5.73. The van der Waals surface area contributed by atoms with Crippen molar-refractivity contribution in [3.8, 4) is 6.07 Å². The lowest BCUT2D eigenvalue weighted by Crippen LogP contribution is -2.11. The van der Waals surface area contributed by atoms with Crippen LogP contribution in [0.5, 0.6) is 0 Å². The van der Waals surface area contributed by atoms with Crippen molar-refractivity contribution in [2.75, 3.05) is 7.11 Å². The Morgan fingerprint density at radius 2 is 1.78 bits per heavy atom. The highest BCUT2D eigenvalue weighted by Gasteiger charge is 2.23. The maximum absolute atomic E-state index is 11.3. The molecule has 3 nitrogen and oxygen atoms in total. The van der Waals surface area contributed by atoms with Crippen molar-refractivity contribution in [3.05, 3.63) is 41.5 Å². The molecule has 0 unspecified atom stereocenters. The van der Waals surface area contributed by atoms with Crippen molar-refractivity contribution >= 4 is 11.5 Å². The molecule has 0 atom stereocenters. The summed E-state index contributed by atoms with van der Waals surface area (Å²) >= 11 is 0. The lowest BCUT2D eigenvalue weighted by atomic mass is 9.81. The van der Waals surface area contributed by atoms with E-state index in [1.807, 2.05) is 39.0 Å². The summed E-state index contributed by atoms with van der Waals surface area (Å²) in [5.74, 6) is -0.358. The van der Waals surface area contributed by atoms with Crippen LogP contribution >= 0.6 is 0 Å². The van der Waals surface area contributed by atoms with Gasteiger partial charge in [-0.05, 0) is 44.0 Å². The fraction of sp³-hybridized carbons (Fsp3) is 0.333. The number of nitrogens with zero attached hydrogens (tertiary/aromatic N) is 1. The van der Waals surface area contributed by atoms with Crippen LogP contribution in [0.3, 0.4) is 0 Å². The molecule has 0 aliphatic carbocycles. The molecule has 94 valence electrons. The lowest BCUT2D eigenvalue weighted by molar-refractivity contribution is 0.0601. The minimum Gasteiger partial charge on any atom is -0.465 e. The predicted molar refractivity (Wildman–Crippen MR) is 70.8 cm³/mol. The monoisotopic (exact) mass is 243 g/mol. The Labute approximate surface area is 108 Å². The summed E-state index contributed by atoms with van der Waals surface area (Å²) in [4.78, 5) is 11.3. The maximum atomic E-state index is 11.3. The van der Waals surface area contributed by atoms with Crippen LogP contribution in [0.2, 0.25) is 0 Å². The van der Waals surface area contributed by atoms with Crippen molar-refractivity contribution in [3.63, 3.8) is 0 Å². The smallest absolute Gasteiger partial charge is 0.337 e. The minimum atomic E-state index is -0.554. The first-order valence-corrected chi connectivity index (χ1v) is 5.73. The molecule has 0 saturated carbocycles. The van der Waals surface area contributed by atoms with Gasteiger partial charge in [0.15, 0.2) is 0 Å². The van der Waals surface area contributed by atoms with Gasteiger partial charge < -0.3 is 4.74 Å². The molecular weight excluding hydrogens is 226 g/mol. The first kappa shape index (κ1) is 14.0. The summed E-state index contributed by atoms with van der Waals surface area (Å²) in [5, 5.41) is 9.17. The van der Waals surface area contributed by atoms with E-state index in [2.05, 4.69) is 10.8 Å². The molecule has 18 heavy (non-hydrogen) atoms. The van der Waals surface area contributed by atoms with Gasteiger partial charge in [-0.2, -0.15) is 5.26 Å². The van der Waals surface area contributed by atoms with Crippen LogP contribution in [0.4, 0.5) is 0 Å². The SMILES string of the molecule is C/C=C(/c1ccc(C(=O)OC)cc1)C(C)(C)C#N. The molecule has 0 amide bonds. The number of nitriles is 1. The van der Waals surface area contributed by atoms with Crippen LogP contribution < -0.4 is 0 Å². The van der Waals surface area contributed by atoms with Gasteiger partial charge in [-0.25, -0.2) is 4.79 Å². The van der Waals surface area contributed by atoms with E-state index in [1.165, 1.54) is 7.11 Å². The molecule has 0 saturated heterocycles. The molecule has 1 aromatic rings. The summed E-state index contributed by atoms with van der Waals surface area (Å²) in [7, 11) is 1.35. The van der Waals surface area contributed by atoms with Crippen LogP contribution in [0, 0.1) is 16.7 Å². The molecule has 0 spiro atoms. The number of esters is 1. The van der Waals surface area contributed by atoms with E-state index in [4.69, 9.17) is 0 Å². The van der Waals surface area contributed by atoms with Crippen molar-refractivity contribution in [1.82, 2.24) is 0 Å². The van der Waals surface area contributed by atoms with E-state index < -0.39 is 5.41 Å². The molecule has 0 aliphatic heterocycles. The molecule has 0 fully saturated rings. The van der Waals surface area contributed by atoms with Crippen molar-refractivity contribution in [1.29, 1.82) is 5.26 Å². The zero-order chi connectivity index (χ0) is 13.8. The number of hydrogen-bond acceptors (Lipinski definition) is 3. The van der Waals surface area contributed by atoms with Crippen molar-refractivity contribution in [2.24, 2.45) is 5.41 Å². The van der Waals surface area contributed by atoms with Gasteiger partial charge in [0.25, 0.3) is 0 Å². The summed E-state index contributed by atoms with van der Waals surface area (Å²) in [6, 6.07) is 9.36. The maximum Gasteiger partial charge on any atom is 0.337 e. The van der Waals surface area contributed by atoms with Crippen LogP contribution in [-0.2, 0) is 4.74 Å². The second kappa shape index (κ2) is 5.50. The van der Waals surface area contributed by atoms with Gasteiger partial charge in [0.2, 0.25) is 0 Å². The molecule has 0 radical (unpaired) electrons. The summed E-state index contributed by atoms with van der Waals surface area (Å²) in [6.07, 6.45) is 1.93. The predicted octanol–water partition coefficient (Wildman–Crippen LogP) is 3.43. The van der Waals surface area contributed by atoms with Gasteiger partial charge in [-0.3, -0.25) is 0 Å². The normalized spacial score (nSPS) is 11.8. The first-order chi connectivity index (χ1) is 8.46. The highest BCUT2D eigenvalue weighted by atomic mass is 16.5. The second-order valence-corrected chi connectivity index (χ2v) is 4.51.